The van der Waals surface area contributed by atoms with Crippen LogP contribution in [0.25, 0.3) is 11.5 Å². The van der Waals surface area contributed by atoms with Crippen LogP contribution in [0.3, 0.4) is 0 Å². The van der Waals surface area contributed by atoms with Crippen molar-refractivity contribution in [3.63, 3.8) is 0 Å². The Morgan fingerprint density at radius 1 is 1.50 bits per heavy atom. The fourth-order valence-electron chi connectivity index (χ4n) is 1.52. The molecule has 20 heavy (non-hydrogen) atoms. The third kappa shape index (κ3) is 3.18. The van der Waals surface area contributed by atoms with E-state index in [4.69, 9.17) is 19.9 Å². The van der Waals surface area contributed by atoms with Crippen molar-refractivity contribution in [1.29, 1.82) is 0 Å². The van der Waals surface area contributed by atoms with Crippen LogP contribution in [-0.2, 0) is 15.4 Å². The fourth-order valence-corrected chi connectivity index (χ4v) is 4.37. The average Bonchev–Trinajstić information content (AvgIpc) is 2.94. The van der Waals surface area contributed by atoms with Crippen molar-refractivity contribution in [2.45, 2.75) is 17.6 Å². The maximum absolute atomic E-state index is 12.1. The second-order valence-corrected chi connectivity index (χ2v) is 8.25. The predicted octanol–water partition coefficient (Wildman–Crippen LogP) is 1.31. The molecule has 0 saturated carbocycles. The Kier molecular flexibility index (Phi) is 4.46. The molecule has 2 aromatic heterocycles. The van der Waals surface area contributed by atoms with Gasteiger partial charge in [-0.3, -0.25) is 8.77 Å². The highest BCUT2D eigenvalue weighted by Crippen LogP contribution is 2.38. The number of furan rings is 1. The van der Waals surface area contributed by atoms with Crippen molar-refractivity contribution >= 4 is 40.4 Å². The first-order chi connectivity index (χ1) is 9.32. The average molecular weight is 336 g/mol. The van der Waals surface area contributed by atoms with Gasteiger partial charge in [-0.1, -0.05) is 18.3 Å². The summed E-state index contributed by atoms with van der Waals surface area (Å²) in [4.78, 5) is 22.1. The first kappa shape index (κ1) is 15.4. The summed E-state index contributed by atoms with van der Waals surface area (Å²) < 4.78 is 28.8. The standard InChI is InChI=1S/C10H13N2O5PS2/c1-2-5-20(16)9-8(12-10(11)19-9)6-3-4-7(17-6)18(13,14)15/h3-4H,2,5H2,1H3,(H2,11,12)(H2,13,14,15). The monoisotopic (exact) mass is 336 g/mol. The van der Waals surface area contributed by atoms with Crippen LogP contribution >= 0.6 is 18.9 Å². The number of anilines is 1. The molecule has 2 rings (SSSR count). The minimum Gasteiger partial charge on any atom is -0.446 e. The summed E-state index contributed by atoms with van der Waals surface area (Å²) >= 11 is 1.09. The van der Waals surface area contributed by atoms with Gasteiger partial charge in [-0.15, -0.1) is 0 Å². The van der Waals surface area contributed by atoms with Gasteiger partial charge >= 0.3 is 7.60 Å². The third-order valence-corrected chi connectivity index (χ3v) is 6.01. The number of rotatable bonds is 5. The van der Waals surface area contributed by atoms with Gasteiger partial charge in [-0.05, 0) is 18.6 Å². The Balaban J connectivity index is 2.45. The van der Waals surface area contributed by atoms with E-state index in [0.717, 1.165) is 17.8 Å². The summed E-state index contributed by atoms with van der Waals surface area (Å²) in [5.41, 5.74) is 5.45. The lowest BCUT2D eigenvalue weighted by atomic mass is 10.4. The summed E-state index contributed by atoms with van der Waals surface area (Å²) in [5.74, 6) is 0.608. The Hall–Kier alpha value is -0.990. The highest BCUT2D eigenvalue weighted by Gasteiger charge is 2.25. The van der Waals surface area contributed by atoms with Gasteiger partial charge in [0.1, 0.15) is 9.90 Å². The summed E-state index contributed by atoms with van der Waals surface area (Å²) in [6.45, 7) is 1.90. The van der Waals surface area contributed by atoms with Gasteiger partial charge in [0.15, 0.2) is 10.9 Å². The molecule has 7 nitrogen and oxygen atoms in total. The topological polar surface area (TPSA) is 127 Å². The minimum atomic E-state index is -4.46. The summed E-state index contributed by atoms with van der Waals surface area (Å²) in [6.07, 6.45) is 0.732. The van der Waals surface area contributed by atoms with Gasteiger partial charge in [-0.2, -0.15) is 0 Å². The second-order valence-electron chi connectivity index (χ2n) is 3.92. The van der Waals surface area contributed by atoms with E-state index in [-0.39, 0.29) is 16.6 Å². The first-order valence-corrected chi connectivity index (χ1v) is 9.38. The molecule has 1 atom stereocenters. The molecule has 0 aliphatic heterocycles. The van der Waals surface area contributed by atoms with Crippen molar-refractivity contribution in [2.75, 3.05) is 11.5 Å². The Labute approximate surface area is 121 Å². The van der Waals surface area contributed by atoms with Crippen LogP contribution in [0.4, 0.5) is 5.13 Å². The minimum absolute atomic E-state index is 0.149. The quantitative estimate of drug-likeness (QED) is 0.702. The molecule has 2 heterocycles. The van der Waals surface area contributed by atoms with Crippen LogP contribution in [0.15, 0.2) is 20.8 Å². The zero-order valence-electron chi connectivity index (χ0n) is 10.5. The molecule has 10 heteroatoms. The third-order valence-electron chi connectivity index (χ3n) is 2.32. The molecule has 0 saturated heterocycles. The number of nitrogen functional groups attached to an aromatic ring is 1. The molecular formula is C10H13N2O5PS2. The fraction of sp³-hybridized carbons (Fsp3) is 0.300. The zero-order valence-corrected chi connectivity index (χ0v) is 13.0. The number of hydrogen-bond acceptors (Lipinski definition) is 6. The molecule has 0 bridgehead atoms. The number of aromatic nitrogens is 1. The lowest BCUT2D eigenvalue weighted by Gasteiger charge is -2.00. The van der Waals surface area contributed by atoms with Gasteiger partial charge in [0.2, 0.25) is 5.50 Å². The molecule has 0 aromatic carbocycles. The van der Waals surface area contributed by atoms with Crippen molar-refractivity contribution in [3.05, 3.63) is 12.1 Å². The largest absolute Gasteiger partial charge is 0.446 e. The van der Waals surface area contributed by atoms with E-state index in [1.165, 1.54) is 12.1 Å². The number of nitrogens with two attached hydrogens (primary N) is 1. The highest BCUT2D eigenvalue weighted by atomic mass is 32.2. The molecule has 0 aliphatic rings. The van der Waals surface area contributed by atoms with Crippen molar-refractivity contribution < 1.29 is 23.0 Å². The van der Waals surface area contributed by atoms with Crippen molar-refractivity contribution in [3.8, 4) is 11.5 Å². The van der Waals surface area contributed by atoms with Crippen LogP contribution in [-0.4, -0.2) is 24.7 Å². The van der Waals surface area contributed by atoms with E-state index >= 15 is 0 Å². The number of hydrogen-bond donors (Lipinski definition) is 3. The van der Waals surface area contributed by atoms with Gasteiger partial charge in [0.25, 0.3) is 0 Å². The molecule has 110 valence electrons. The van der Waals surface area contributed by atoms with E-state index in [2.05, 4.69) is 4.98 Å². The molecule has 0 radical (unpaired) electrons. The van der Waals surface area contributed by atoms with E-state index in [9.17, 15) is 8.77 Å². The molecular weight excluding hydrogens is 323 g/mol. The van der Waals surface area contributed by atoms with Crippen LogP contribution in [0, 0.1) is 0 Å². The van der Waals surface area contributed by atoms with Crippen molar-refractivity contribution in [1.82, 2.24) is 4.98 Å². The molecule has 2 aromatic rings. The summed E-state index contributed by atoms with van der Waals surface area (Å²) in [7, 11) is -5.73. The van der Waals surface area contributed by atoms with E-state index in [0.29, 0.717) is 9.96 Å². The number of thiazole rings is 1. The van der Waals surface area contributed by atoms with Gasteiger partial charge in [0, 0.05) is 5.75 Å². The second kappa shape index (κ2) is 5.79. The van der Waals surface area contributed by atoms with Crippen molar-refractivity contribution in [2.24, 2.45) is 0 Å². The van der Waals surface area contributed by atoms with E-state index < -0.39 is 23.9 Å². The smallest absolute Gasteiger partial charge is 0.391 e. The van der Waals surface area contributed by atoms with Gasteiger partial charge in [0.05, 0.1) is 10.8 Å². The Morgan fingerprint density at radius 3 is 2.75 bits per heavy atom. The SMILES string of the molecule is CCCS(=O)c1sc(N)nc1-c1ccc(P(=O)(O)O)o1. The van der Waals surface area contributed by atoms with Crippen LogP contribution in [0.1, 0.15) is 13.3 Å². The zero-order chi connectivity index (χ0) is 14.9. The summed E-state index contributed by atoms with van der Waals surface area (Å²) in [5, 5.41) is 0.230. The molecule has 0 aliphatic carbocycles. The lowest BCUT2D eigenvalue weighted by Crippen LogP contribution is -1.99. The Morgan fingerprint density at radius 2 is 2.20 bits per heavy atom. The Bertz CT molecular complexity index is 690. The molecule has 1 unspecified atom stereocenters. The maximum atomic E-state index is 12.1. The molecule has 0 spiro atoms. The normalized spacial score (nSPS) is 13.6. The van der Waals surface area contributed by atoms with Crippen LogP contribution in [0.2, 0.25) is 0 Å². The first-order valence-electron chi connectivity index (χ1n) is 5.64. The molecule has 4 N–H and O–H groups in total. The lowest BCUT2D eigenvalue weighted by molar-refractivity contribution is 0.377. The molecule has 0 fully saturated rings. The van der Waals surface area contributed by atoms with Gasteiger partial charge < -0.3 is 19.9 Å². The summed E-state index contributed by atoms with van der Waals surface area (Å²) in [6, 6.07) is 2.56. The van der Waals surface area contributed by atoms with Crippen LogP contribution < -0.4 is 11.2 Å². The molecule has 0 amide bonds. The number of nitrogens with zero attached hydrogens (tertiary/aromatic N) is 1. The van der Waals surface area contributed by atoms with E-state index in [1.54, 1.807) is 0 Å². The van der Waals surface area contributed by atoms with E-state index in [1.807, 2.05) is 6.92 Å². The van der Waals surface area contributed by atoms with Crippen LogP contribution in [0.5, 0.6) is 0 Å². The predicted molar refractivity (Wildman–Crippen MR) is 77.5 cm³/mol. The van der Waals surface area contributed by atoms with Gasteiger partial charge in [-0.25, -0.2) is 4.98 Å². The highest BCUT2D eigenvalue weighted by molar-refractivity contribution is 7.87. The maximum Gasteiger partial charge on any atom is 0.391 e.